The summed E-state index contributed by atoms with van der Waals surface area (Å²) in [6, 6.07) is 8.57. The lowest BCUT2D eigenvalue weighted by atomic mass is 9.89. The van der Waals surface area contributed by atoms with Gasteiger partial charge in [0.15, 0.2) is 11.5 Å². The topological polar surface area (TPSA) is 97.7 Å². The predicted octanol–water partition coefficient (Wildman–Crippen LogP) is 3.63. The second kappa shape index (κ2) is 11.3. The molecule has 0 saturated carbocycles. The van der Waals surface area contributed by atoms with Crippen LogP contribution in [0.4, 0.5) is 0 Å². The molecule has 0 fully saturated rings. The van der Waals surface area contributed by atoms with E-state index in [0.717, 1.165) is 5.56 Å². The number of pyridine rings is 1. The number of rotatable bonds is 9. The van der Waals surface area contributed by atoms with Gasteiger partial charge in [-0.15, -0.1) is 0 Å². The minimum atomic E-state index is -0.609. The van der Waals surface area contributed by atoms with Crippen molar-refractivity contribution in [3.8, 4) is 11.5 Å². The molecule has 0 aliphatic carbocycles. The van der Waals surface area contributed by atoms with E-state index in [2.05, 4.69) is 10.3 Å². The number of aromatic nitrogens is 1. The number of esters is 1. The second-order valence-electron chi connectivity index (χ2n) is 8.16. The Balaban J connectivity index is 1.89. The van der Waals surface area contributed by atoms with Crippen LogP contribution in [0.15, 0.2) is 48.8 Å². The molecule has 0 saturated heterocycles. The van der Waals surface area contributed by atoms with E-state index >= 15 is 0 Å². The van der Waals surface area contributed by atoms with Gasteiger partial charge >= 0.3 is 5.97 Å². The molecule has 1 heterocycles. The normalized spacial score (nSPS) is 12.4. The Kier molecular flexibility index (Phi) is 8.75. The fraction of sp³-hybridized carbons (Fsp3) is 0.375. The minimum Gasteiger partial charge on any atom is -0.493 e. The Hall–Kier alpha value is -3.19. The van der Waals surface area contributed by atoms with Crippen molar-refractivity contribution < 1.29 is 24.2 Å². The van der Waals surface area contributed by atoms with Gasteiger partial charge in [-0.05, 0) is 41.7 Å². The molecule has 2 N–H and O–H groups in total. The first-order valence-electron chi connectivity index (χ1n) is 10.1. The van der Waals surface area contributed by atoms with E-state index in [9.17, 15) is 14.7 Å². The van der Waals surface area contributed by atoms with Crippen molar-refractivity contribution in [2.45, 2.75) is 39.7 Å². The van der Waals surface area contributed by atoms with Crippen LogP contribution in [0.1, 0.15) is 49.5 Å². The van der Waals surface area contributed by atoms with Gasteiger partial charge in [0, 0.05) is 25.4 Å². The number of ether oxygens (including phenoxy) is 2. The number of amides is 1. The fourth-order valence-corrected chi connectivity index (χ4v) is 2.58. The number of benzene rings is 1. The second-order valence-corrected chi connectivity index (χ2v) is 8.16. The summed E-state index contributed by atoms with van der Waals surface area (Å²) in [5.41, 5.74) is 0.969. The van der Waals surface area contributed by atoms with Gasteiger partial charge in [-0.1, -0.05) is 39.0 Å². The number of hydrogen-bond acceptors (Lipinski definition) is 6. The maximum Gasteiger partial charge on any atom is 0.311 e. The van der Waals surface area contributed by atoms with Crippen LogP contribution in [0.5, 0.6) is 11.5 Å². The zero-order chi connectivity index (χ0) is 22.9. The number of nitrogens with zero attached hydrogens (tertiary/aromatic N) is 1. The van der Waals surface area contributed by atoms with Gasteiger partial charge in [0.1, 0.15) is 0 Å². The van der Waals surface area contributed by atoms with Gasteiger partial charge in [-0.3, -0.25) is 14.6 Å². The predicted molar refractivity (Wildman–Crippen MR) is 119 cm³/mol. The van der Waals surface area contributed by atoms with Crippen LogP contribution in [0.25, 0.3) is 6.08 Å². The van der Waals surface area contributed by atoms with Crippen LogP contribution >= 0.6 is 0 Å². The van der Waals surface area contributed by atoms with Crippen LogP contribution in [0.2, 0.25) is 0 Å². The summed E-state index contributed by atoms with van der Waals surface area (Å²) in [6.07, 6.45) is 6.53. The molecular weight excluding hydrogens is 396 g/mol. The molecule has 166 valence electrons. The van der Waals surface area contributed by atoms with Crippen molar-refractivity contribution in [2.75, 3.05) is 13.7 Å². The van der Waals surface area contributed by atoms with E-state index in [-0.39, 0.29) is 17.7 Å². The molecule has 7 heteroatoms. The van der Waals surface area contributed by atoms with Gasteiger partial charge in [-0.25, -0.2) is 0 Å². The summed E-state index contributed by atoms with van der Waals surface area (Å²) in [7, 11) is 1.50. The smallest absolute Gasteiger partial charge is 0.311 e. The van der Waals surface area contributed by atoms with Gasteiger partial charge in [0.05, 0.1) is 18.8 Å². The molecule has 0 bridgehead atoms. The summed E-state index contributed by atoms with van der Waals surface area (Å²) < 4.78 is 10.7. The quantitative estimate of drug-likeness (QED) is 0.361. The van der Waals surface area contributed by atoms with Crippen LogP contribution < -0.4 is 14.8 Å². The van der Waals surface area contributed by atoms with E-state index in [1.54, 1.807) is 42.6 Å². The SMILES string of the molecule is COc1ccc(/C=C/C(O)C(C)(C)C)cc1OC(=O)CCCNC(=O)c1cccnc1. The molecule has 0 aliphatic rings. The van der Waals surface area contributed by atoms with Crippen molar-refractivity contribution in [3.05, 3.63) is 59.9 Å². The minimum absolute atomic E-state index is 0.138. The standard InChI is InChI=1S/C24H30N2O5/c1-24(2,3)21(27)12-10-17-9-11-19(30-4)20(15-17)31-22(28)8-6-14-26-23(29)18-7-5-13-25-16-18/h5,7,9-13,15-16,21,27H,6,8,14H2,1-4H3,(H,26,29)/b12-10+. The third-order valence-corrected chi connectivity index (χ3v) is 4.54. The first-order valence-corrected chi connectivity index (χ1v) is 10.1. The van der Waals surface area contributed by atoms with Crippen LogP contribution in [-0.2, 0) is 4.79 Å². The van der Waals surface area contributed by atoms with Crippen molar-refractivity contribution in [1.29, 1.82) is 0 Å². The van der Waals surface area contributed by atoms with Crippen molar-refractivity contribution in [1.82, 2.24) is 10.3 Å². The van der Waals surface area contributed by atoms with Gasteiger partial charge in [-0.2, -0.15) is 0 Å². The number of carbonyl (C=O) groups is 2. The van der Waals surface area contributed by atoms with Gasteiger partial charge in [0.2, 0.25) is 0 Å². The lowest BCUT2D eigenvalue weighted by molar-refractivity contribution is -0.134. The number of methoxy groups -OCH3 is 1. The Morgan fingerprint density at radius 1 is 1.23 bits per heavy atom. The van der Waals surface area contributed by atoms with Crippen molar-refractivity contribution in [3.63, 3.8) is 0 Å². The average molecular weight is 427 g/mol. The highest BCUT2D eigenvalue weighted by Crippen LogP contribution is 2.29. The summed E-state index contributed by atoms with van der Waals surface area (Å²) in [4.78, 5) is 28.1. The Labute approximate surface area is 183 Å². The molecule has 1 aromatic heterocycles. The van der Waals surface area contributed by atoms with Crippen molar-refractivity contribution in [2.24, 2.45) is 5.41 Å². The molecule has 2 aromatic rings. The third kappa shape index (κ3) is 7.86. The largest absolute Gasteiger partial charge is 0.493 e. The molecule has 0 radical (unpaired) electrons. The van der Waals surface area contributed by atoms with E-state index in [4.69, 9.17) is 9.47 Å². The van der Waals surface area contributed by atoms with E-state index in [1.165, 1.54) is 13.3 Å². The summed E-state index contributed by atoms with van der Waals surface area (Å²) in [5.74, 6) is 0.0795. The van der Waals surface area contributed by atoms with Crippen molar-refractivity contribution >= 4 is 18.0 Å². The van der Waals surface area contributed by atoms with Crippen LogP contribution in [0, 0.1) is 5.41 Å². The Morgan fingerprint density at radius 3 is 2.65 bits per heavy atom. The summed E-state index contributed by atoms with van der Waals surface area (Å²) in [6.45, 7) is 6.18. The molecule has 1 unspecified atom stereocenters. The zero-order valence-electron chi connectivity index (χ0n) is 18.4. The highest BCUT2D eigenvalue weighted by atomic mass is 16.6. The maximum absolute atomic E-state index is 12.2. The molecule has 1 atom stereocenters. The molecule has 31 heavy (non-hydrogen) atoms. The number of hydrogen-bond donors (Lipinski definition) is 2. The summed E-state index contributed by atoms with van der Waals surface area (Å²) in [5, 5.41) is 12.9. The highest BCUT2D eigenvalue weighted by molar-refractivity contribution is 5.93. The lowest BCUT2D eigenvalue weighted by Crippen LogP contribution is -2.25. The van der Waals surface area contributed by atoms with Gasteiger partial charge < -0.3 is 19.9 Å². The number of carbonyl (C=O) groups excluding carboxylic acids is 2. The number of aliphatic hydroxyl groups excluding tert-OH is 1. The molecule has 1 amide bonds. The average Bonchev–Trinajstić information content (AvgIpc) is 2.75. The first kappa shape index (κ1) is 24.1. The highest BCUT2D eigenvalue weighted by Gasteiger charge is 2.19. The zero-order valence-corrected chi connectivity index (χ0v) is 18.4. The molecular formula is C24H30N2O5. The Morgan fingerprint density at radius 2 is 2.00 bits per heavy atom. The molecule has 0 spiro atoms. The first-order chi connectivity index (χ1) is 14.7. The number of nitrogens with one attached hydrogen (secondary N) is 1. The molecule has 1 aromatic carbocycles. The van der Waals surface area contributed by atoms with E-state index < -0.39 is 12.1 Å². The third-order valence-electron chi connectivity index (χ3n) is 4.54. The van der Waals surface area contributed by atoms with E-state index in [0.29, 0.717) is 30.0 Å². The fourth-order valence-electron chi connectivity index (χ4n) is 2.58. The molecule has 2 rings (SSSR count). The van der Waals surface area contributed by atoms with E-state index in [1.807, 2.05) is 26.8 Å². The van der Waals surface area contributed by atoms with Gasteiger partial charge in [0.25, 0.3) is 5.91 Å². The lowest BCUT2D eigenvalue weighted by Gasteiger charge is -2.22. The van der Waals surface area contributed by atoms with Crippen LogP contribution in [-0.4, -0.2) is 41.7 Å². The monoisotopic (exact) mass is 426 g/mol. The summed E-state index contributed by atoms with van der Waals surface area (Å²) >= 11 is 0. The number of aliphatic hydroxyl groups is 1. The Bertz CT molecular complexity index is 904. The molecule has 7 nitrogen and oxygen atoms in total. The maximum atomic E-state index is 12.2. The molecule has 0 aliphatic heterocycles. The van der Waals surface area contributed by atoms with Crippen LogP contribution in [0.3, 0.4) is 0 Å².